The second kappa shape index (κ2) is 6.35. The summed E-state index contributed by atoms with van der Waals surface area (Å²) in [5.74, 6) is 0.829. The van der Waals surface area contributed by atoms with E-state index >= 15 is 0 Å². The monoisotopic (exact) mass is 288 g/mol. The van der Waals surface area contributed by atoms with Crippen LogP contribution < -0.4 is 0 Å². The Hall–Kier alpha value is -1.75. The van der Waals surface area contributed by atoms with Gasteiger partial charge < -0.3 is 0 Å². The van der Waals surface area contributed by atoms with Crippen molar-refractivity contribution in [3.63, 3.8) is 0 Å². The molecular weight excluding hydrogens is 267 g/mol. The molecule has 0 bridgehead atoms. The Kier molecular flexibility index (Phi) is 4.29. The van der Waals surface area contributed by atoms with Gasteiger partial charge in [-0.3, -0.25) is 4.90 Å². The average Bonchev–Trinajstić information content (AvgIpc) is 2.95. The van der Waals surface area contributed by atoms with Crippen LogP contribution in [0.25, 0.3) is 0 Å². The molecule has 2 heterocycles. The molecular formula is C16H21FN4. The summed E-state index contributed by atoms with van der Waals surface area (Å²) in [5, 5.41) is 4.23. The Labute approximate surface area is 124 Å². The maximum Gasteiger partial charge on any atom is 0.141 e. The summed E-state index contributed by atoms with van der Waals surface area (Å²) in [7, 11) is 0. The SMILES string of the molecule is CCn1ncnc1CN1CCCC[C@H]1c1cccc(F)c1. The van der Waals surface area contributed by atoms with Crippen molar-refractivity contribution in [1.29, 1.82) is 0 Å². The summed E-state index contributed by atoms with van der Waals surface area (Å²) in [6.07, 6.45) is 5.06. The Bertz CT molecular complexity index is 595. The first-order chi connectivity index (χ1) is 10.3. The van der Waals surface area contributed by atoms with E-state index in [1.54, 1.807) is 18.5 Å². The largest absolute Gasteiger partial charge is 0.289 e. The Morgan fingerprint density at radius 1 is 1.33 bits per heavy atom. The van der Waals surface area contributed by atoms with E-state index in [4.69, 9.17) is 0 Å². The third-order valence-corrected chi connectivity index (χ3v) is 4.19. The fraction of sp³-hybridized carbons (Fsp3) is 0.500. The van der Waals surface area contributed by atoms with Gasteiger partial charge in [0.05, 0.1) is 6.54 Å². The molecule has 1 aromatic carbocycles. The molecule has 21 heavy (non-hydrogen) atoms. The van der Waals surface area contributed by atoms with Crippen LogP contribution in [0.5, 0.6) is 0 Å². The number of nitrogens with zero attached hydrogens (tertiary/aromatic N) is 4. The van der Waals surface area contributed by atoms with Crippen molar-refractivity contribution in [3.05, 3.63) is 47.8 Å². The fourth-order valence-electron chi connectivity index (χ4n) is 3.13. The van der Waals surface area contributed by atoms with Crippen LogP contribution >= 0.6 is 0 Å². The van der Waals surface area contributed by atoms with Crippen LogP contribution in [0.15, 0.2) is 30.6 Å². The zero-order chi connectivity index (χ0) is 14.7. The van der Waals surface area contributed by atoms with Crippen LogP contribution in [0.1, 0.15) is 43.6 Å². The van der Waals surface area contributed by atoms with Crippen molar-refractivity contribution >= 4 is 0 Å². The molecule has 1 atom stereocenters. The number of hydrogen-bond donors (Lipinski definition) is 0. The normalized spacial score (nSPS) is 19.8. The number of aryl methyl sites for hydroxylation is 1. The van der Waals surface area contributed by atoms with Crippen molar-refractivity contribution < 1.29 is 4.39 Å². The van der Waals surface area contributed by atoms with Crippen molar-refractivity contribution in [1.82, 2.24) is 19.7 Å². The highest BCUT2D eigenvalue weighted by Gasteiger charge is 2.25. The molecule has 0 aliphatic carbocycles. The third-order valence-electron chi connectivity index (χ3n) is 4.19. The molecule has 1 aliphatic rings. The molecule has 3 rings (SSSR count). The van der Waals surface area contributed by atoms with Gasteiger partial charge in [-0.05, 0) is 44.0 Å². The van der Waals surface area contributed by atoms with E-state index in [9.17, 15) is 4.39 Å². The number of rotatable bonds is 4. The first-order valence-electron chi connectivity index (χ1n) is 7.64. The Balaban J connectivity index is 1.81. The first-order valence-corrected chi connectivity index (χ1v) is 7.64. The lowest BCUT2D eigenvalue weighted by molar-refractivity contribution is 0.134. The van der Waals surface area contributed by atoms with Crippen LogP contribution in [0.4, 0.5) is 4.39 Å². The summed E-state index contributed by atoms with van der Waals surface area (Å²) in [6, 6.07) is 7.26. The van der Waals surface area contributed by atoms with E-state index in [2.05, 4.69) is 21.9 Å². The van der Waals surface area contributed by atoms with Crippen LogP contribution in [-0.2, 0) is 13.1 Å². The molecule has 0 radical (unpaired) electrons. The number of halogens is 1. The summed E-state index contributed by atoms with van der Waals surface area (Å²) < 4.78 is 15.4. The molecule has 1 saturated heterocycles. The van der Waals surface area contributed by atoms with E-state index in [-0.39, 0.29) is 11.9 Å². The first kappa shape index (κ1) is 14.2. The lowest BCUT2D eigenvalue weighted by Gasteiger charge is -2.35. The molecule has 0 spiro atoms. The summed E-state index contributed by atoms with van der Waals surface area (Å²) >= 11 is 0. The second-order valence-corrected chi connectivity index (χ2v) is 5.53. The number of benzene rings is 1. The van der Waals surface area contributed by atoms with E-state index in [0.717, 1.165) is 37.4 Å². The summed E-state index contributed by atoms with van der Waals surface area (Å²) in [5.41, 5.74) is 1.07. The number of aromatic nitrogens is 3. The zero-order valence-corrected chi connectivity index (χ0v) is 12.4. The quantitative estimate of drug-likeness (QED) is 0.866. The second-order valence-electron chi connectivity index (χ2n) is 5.53. The third kappa shape index (κ3) is 3.13. The van der Waals surface area contributed by atoms with E-state index in [1.807, 2.05) is 10.7 Å². The van der Waals surface area contributed by atoms with Crippen LogP contribution in [0.2, 0.25) is 0 Å². The molecule has 0 N–H and O–H groups in total. The predicted octanol–water partition coefficient (Wildman–Crippen LogP) is 3.16. The predicted molar refractivity (Wildman–Crippen MR) is 79.1 cm³/mol. The highest BCUT2D eigenvalue weighted by Crippen LogP contribution is 2.32. The van der Waals surface area contributed by atoms with Crippen LogP contribution in [0, 0.1) is 5.82 Å². The van der Waals surface area contributed by atoms with Crippen LogP contribution in [0.3, 0.4) is 0 Å². The molecule has 112 valence electrons. The maximum atomic E-state index is 13.5. The zero-order valence-electron chi connectivity index (χ0n) is 12.4. The van der Waals surface area contributed by atoms with Gasteiger partial charge in [0.25, 0.3) is 0 Å². The van der Waals surface area contributed by atoms with Crippen molar-refractivity contribution in [2.75, 3.05) is 6.54 Å². The summed E-state index contributed by atoms with van der Waals surface area (Å²) in [4.78, 5) is 6.76. The highest BCUT2D eigenvalue weighted by molar-refractivity contribution is 5.21. The minimum atomic E-state index is -0.158. The van der Waals surface area contributed by atoms with Crippen LogP contribution in [-0.4, -0.2) is 26.2 Å². The minimum absolute atomic E-state index is 0.158. The number of hydrogen-bond acceptors (Lipinski definition) is 3. The van der Waals surface area contributed by atoms with Gasteiger partial charge in [0.15, 0.2) is 0 Å². The van der Waals surface area contributed by atoms with E-state index < -0.39 is 0 Å². The van der Waals surface area contributed by atoms with Crippen molar-refractivity contribution in [3.8, 4) is 0 Å². The van der Waals surface area contributed by atoms with E-state index in [0.29, 0.717) is 0 Å². The van der Waals surface area contributed by atoms with Crippen molar-refractivity contribution in [2.24, 2.45) is 0 Å². The van der Waals surface area contributed by atoms with E-state index in [1.165, 1.54) is 18.9 Å². The van der Waals surface area contributed by atoms with Crippen molar-refractivity contribution in [2.45, 2.75) is 45.3 Å². The molecule has 2 aromatic rings. The molecule has 0 saturated carbocycles. The fourth-order valence-corrected chi connectivity index (χ4v) is 3.13. The molecule has 1 fully saturated rings. The Morgan fingerprint density at radius 2 is 2.24 bits per heavy atom. The smallest absolute Gasteiger partial charge is 0.141 e. The van der Waals surface area contributed by atoms with Gasteiger partial charge in [-0.25, -0.2) is 14.1 Å². The minimum Gasteiger partial charge on any atom is -0.289 e. The molecule has 1 aromatic heterocycles. The maximum absolute atomic E-state index is 13.5. The molecule has 5 heteroatoms. The highest BCUT2D eigenvalue weighted by atomic mass is 19.1. The Morgan fingerprint density at radius 3 is 3.05 bits per heavy atom. The lowest BCUT2D eigenvalue weighted by atomic mass is 9.95. The number of likely N-dealkylation sites (tertiary alicyclic amines) is 1. The summed E-state index contributed by atoms with van der Waals surface area (Å²) in [6.45, 7) is 4.69. The molecule has 1 aliphatic heterocycles. The van der Waals surface area contributed by atoms with Gasteiger partial charge in [0, 0.05) is 12.6 Å². The van der Waals surface area contributed by atoms with Gasteiger partial charge in [0.1, 0.15) is 18.0 Å². The molecule has 4 nitrogen and oxygen atoms in total. The number of piperidine rings is 1. The molecule has 0 amide bonds. The average molecular weight is 288 g/mol. The van der Waals surface area contributed by atoms with Gasteiger partial charge >= 0.3 is 0 Å². The topological polar surface area (TPSA) is 34.0 Å². The van der Waals surface area contributed by atoms with Gasteiger partial charge in [0.2, 0.25) is 0 Å². The molecule has 0 unspecified atom stereocenters. The van der Waals surface area contributed by atoms with Gasteiger partial charge in [-0.1, -0.05) is 18.6 Å². The standard InChI is InChI=1S/C16H21FN4/c1-2-21-16(18-12-19-21)11-20-9-4-3-8-15(20)13-6-5-7-14(17)10-13/h5-7,10,12,15H,2-4,8-9,11H2,1H3/t15-/m0/s1. The lowest BCUT2D eigenvalue weighted by Crippen LogP contribution is -2.34. The van der Waals surface area contributed by atoms with Gasteiger partial charge in [-0.2, -0.15) is 5.10 Å². The van der Waals surface area contributed by atoms with Gasteiger partial charge in [-0.15, -0.1) is 0 Å².